The van der Waals surface area contributed by atoms with Crippen molar-refractivity contribution < 1.29 is 17.9 Å². The van der Waals surface area contributed by atoms with Gasteiger partial charge in [0.15, 0.2) is 0 Å². The summed E-state index contributed by atoms with van der Waals surface area (Å²) in [6.45, 7) is 0.674. The number of halogens is 2. The summed E-state index contributed by atoms with van der Waals surface area (Å²) in [5, 5.41) is 9.14. The number of sulfonamides is 1. The van der Waals surface area contributed by atoms with Crippen LogP contribution in [0.2, 0.25) is 0 Å². The molecule has 1 saturated heterocycles. The number of hydrogen-bond donors (Lipinski definition) is 1. The van der Waals surface area contributed by atoms with Gasteiger partial charge in [0, 0.05) is 19.7 Å². The van der Waals surface area contributed by atoms with E-state index in [0.717, 1.165) is 12.5 Å². The molecule has 0 aliphatic carbocycles. The molecule has 1 fully saturated rings. The first kappa shape index (κ1) is 14.9. The van der Waals surface area contributed by atoms with Gasteiger partial charge < -0.3 is 5.11 Å². The Morgan fingerprint density at radius 3 is 2.84 bits per heavy atom. The third-order valence-electron chi connectivity index (χ3n) is 3.27. The Morgan fingerprint density at radius 2 is 2.21 bits per heavy atom. The lowest BCUT2D eigenvalue weighted by molar-refractivity contribution is 0.165. The van der Waals surface area contributed by atoms with Crippen molar-refractivity contribution in [2.75, 3.05) is 19.7 Å². The average Bonchev–Trinajstić information content (AvgIpc) is 2.41. The maximum absolute atomic E-state index is 13.4. The van der Waals surface area contributed by atoms with E-state index in [-0.39, 0.29) is 28.4 Å². The maximum atomic E-state index is 13.4. The molecule has 2 rings (SSSR count). The number of benzene rings is 1. The Balaban J connectivity index is 2.28. The van der Waals surface area contributed by atoms with Crippen molar-refractivity contribution in [3.63, 3.8) is 0 Å². The summed E-state index contributed by atoms with van der Waals surface area (Å²) in [6, 6.07) is 3.78. The highest BCUT2D eigenvalue weighted by atomic mass is 79.9. The highest BCUT2D eigenvalue weighted by Gasteiger charge is 2.30. The minimum atomic E-state index is -3.68. The second-order valence-corrected chi connectivity index (χ2v) is 7.42. The molecule has 1 aliphatic heterocycles. The van der Waals surface area contributed by atoms with Crippen LogP contribution in [0.1, 0.15) is 12.8 Å². The smallest absolute Gasteiger partial charge is 0.243 e. The highest BCUT2D eigenvalue weighted by Crippen LogP contribution is 2.25. The summed E-state index contributed by atoms with van der Waals surface area (Å²) in [5.74, 6) is -0.638. The van der Waals surface area contributed by atoms with Gasteiger partial charge in [0.25, 0.3) is 0 Å². The van der Waals surface area contributed by atoms with E-state index >= 15 is 0 Å². The lowest BCUT2D eigenvalue weighted by atomic mass is 10.0. The van der Waals surface area contributed by atoms with Gasteiger partial charge in [0.1, 0.15) is 5.82 Å². The molecular formula is C12H15BrFNO3S. The Bertz CT molecular complexity index is 564. The van der Waals surface area contributed by atoms with Gasteiger partial charge in [-0.25, -0.2) is 12.8 Å². The van der Waals surface area contributed by atoms with E-state index in [0.29, 0.717) is 13.0 Å². The number of aliphatic hydroxyl groups is 1. The molecule has 4 nitrogen and oxygen atoms in total. The van der Waals surface area contributed by atoms with Crippen molar-refractivity contribution in [2.45, 2.75) is 17.7 Å². The molecule has 106 valence electrons. The molecule has 1 N–H and O–H groups in total. The van der Waals surface area contributed by atoms with Crippen LogP contribution in [0.15, 0.2) is 27.6 Å². The zero-order chi connectivity index (χ0) is 14.0. The molecule has 1 aromatic rings. The molecule has 1 aliphatic rings. The van der Waals surface area contributed by atoms with Crippen molar-refractivity contribution in [1.82, 2.24) is 4.31 Å². The predicted molar refractivity (Wildman–Crippen MR) is 72.7 cm³/mol. The van der Waals surface area contributed by atoms with Crippen molar-refractivity contribution >= 4 is 26.0 Å². The van der Waals surface area contributed by atoms with Gasteiger partial charge in [0.05, 0.1) is 9.37 Å². The maximum Gasteiger partial charge on any atom is 0.243 e. The van der Waals surface area contributed by atoms with Crippen LogP contribution in [-0.4, -0.2) is 37.5 Å². The number of aliphatic hydroxyl groups excluding tert-OH is 1. The van der Waals surface area contributed by atoms with E-state index in [2.05, 4.69) is 15.9 Å². The van der Waals surface area contributed by atoms with Crippen LogP contribution in [0.4, 0.5) is 4.39 Å². The van der Waals surface area contributed by atoms with Crippen LogP contribution in [0, 0.1) is 11.7 Å². The third kappa shape index (κ3) is 3.16. The molecule has 0 saturated carbocycles. The van der Waals surface area contributed by atoms with E-state index in [1.54, 1.807) is 0 Å². The number of rotatable bonds is 3. The third-order valence-corrected chi connectivity index (χ3v) is 5.77. The highest BCUT2D eigenvalue weighted by molar-refractivity contribution is 9.10. The van der Waals surface area contributed by atoms with Crippen LogP contribution in [0.5, 0.6) is 0 Å². The van der Waals surface area contributed by atoms with E-state index < -0.39 is 15.8 Å². The van der Waals surface area contributed by atoms with Gasteiger partial charge in [-0.05, 0) is 52.9 Å². The molecule has 1 unspecified atom stereocenters. The minimum absolute atomic E-state index is 0.0271. The van der Waals surface area contributed by atoms with Crippen molar-refractivity contribution in [2.24, 2.45) is 5.92 Å². The molecular weight excluding hydrogens is 337 g/mol. The fourth-order valence-electron chi connectivity index (χ4n) is 2.18. The van der Waals surface area contributed by atoms with Crippen LogP contribution >= 0.6 is 15.9 Å². The quantitative estimate of drug-likeness (QED) is 0.905. The topological polar surface area (TPSA) is 57.6 Å². The number of nitrogens with zero attached hydrogens (tertiary/aromatic N) is 1. The number of hydrogen-bond acceptors (Lipinski definition) is 3. The normalized spacial score (nSPS) is 21.5. The van der Waals surface area contributed by atoms with Crippen LogP contribution in [0.3, 0.4) is 0 Å². The molecule has 0 amide bonds. The predicted octanol–water partition coefficient (Wildman–Crippen LogP) is 1.98. The Kier molecular flexibility index (Phi) is 4.60. The summed E-state index contributed by atoms with van der Waals surface area (Å²) in [6.07, 6.45) is 1.53. The lowest BCUT2D eigenvalue weighted by Crippen LogP contribution is -2.40. The molecule has 1 heterocycles. The van der Waals surface area contributed by atoms with Crippen molar-refractivity contribution in [3.05, 3.63) is 28.5 Å². The van der Waals surface area contributed by atoms with Crippen LogP contribution < -0.4 is 0 Å². The molecule has 0 aromatic heterocycles. The molecule has 1 aromatic carbocycles. The van der Waals surface area contributed by atoms with E-state index in [9.17, 15) is 12.8 Å². The van der Waals surface area contributed by atoms with E-state index in [1.165, 1.54) is 16.4 Å². The lowest BCUT2D eigenvalue weighted by Gasteiger charge is -2.30. The molecule has 0 bridgehead atoms. The van der Waals surface area contributed by atoms with E-state index in [4.69, 9.17) is 5.11 Å². The largest absolute Gasteiger partial charge is 0.396 e. The molecule has 0 spiro atoms. The van der Waals surface area contributed by atoms with Gasteiger partial charge >= 0.3 is 0 Å². The monoisotopic (exact) mass is 351 g/mol. The molecule has 19 heavy (non-hydrogen) atoms. The second kappa shape index (κ2) is 5.87. The van der Waals surface area contributed by atoms with Crippen LogP contribution in [0.25, 0.3) is 0 Å². The van der Waals surface area contributed by atoms with Crippen LogP contribution in [-0.2, 0) is 10.0 Å². The van der Waals surface area contributed by atoms with Crippen molar-refractivity contribution in [1.29, 1.82) is 0 Å². The first-order chi connectivity index (χ1) is 8.95. The van der Waals surface area contributed by atoms with Crippen molar-refractivity contribution in [3.8, 4) is 0 Å². The zero-order valence-corrected chi connectivity index (χ0v) is 12.6. The van der Waals surface area contributed by atoms with Gasteiger partial charge in [-0.15, -0.1) is 0 Å². The van der Waals surface area contributed by atoms with Gasteiger partial charge in [-0.1, -0.05) is 0 Å². The Hall–Kier alpha value is -0.500. The Labute approximate surface area is 120 Å². The molecule has 7 heteroatoms. The fraction of sp³-hybridized carbons (Fsp3) is 0.500. The standard InChI is InChI=1S/C12H15BrFNO3S/c13-11-4-3-10(6-12(11)14)19(17,18)15-5-1-2-9(7-15)8-16/h3-4,6,9,16H,1-2,5,7-8H2. The van der Waals surface area contributed by atoms with Gasteiger partial charge in [-0.2, -0.15) is 4.31 Å². The first-order valence-electron chi connectivity index (χ1n) is 6.01. The fourth-order valence-corrected chi connectivity index (χ4v) is 3.99. The number of piperidine rings is 1. The summed E-state index contributed by atoms with van der Waals surface area (Å²) in [5.41, 5.74) is 0. The summed E-state index contributed by atoms with van der Waals surface area (Å²) < 4.78 is 39.8. The average molecular weight is 352 g/mol. The van der Waals surface area contributed by atoms with Gasteiger partial charge in [-0.3, -0.25) is 0 Å². The zero-order valence-electron chi connectivity index (χ0n) is 10.2. The SMILES string of the molecule is O=S(=O)(c1ccc(Br)c(F)c1)N1CCCC(CO)C1. The Morgan fingerprint density at radius 1 is 1.47 bits per heavy atom. The summed E-state index contributed by atoms with van der Waals surface area (Å²) >= 11 is 3.00. The van der Waals surface area contributed by atoms with E-state index in [1.807, 2.05) is 0 Å². The molecule has 1 atom stereocenters. The summed E-state index contributed by atoms with van der Waals surface area (Å²) in [4.78, 5) is -0.0493. The van der Waals surface area contributed by atoms with Gasteiger partial charge in [0.2, 0.25) is 10.0 Å². The minimum Gasteiger partial charge on any atom is -0.396 e. The molecule has 0 radical (unpaired) electrons. The first-order valence-corrected chi connectivity index (χ1v) is 8.24. The second-order valence-electron chi connectivity index (χ2n) is 4.63. The summed E-state index contributed by atoms with van der Waals surface area (Å²) in [7, 11) is -3.68.